The monoisotopic (exact) mass is 291 g/mol. The van der Waals surface area contributed by atoms with E-state index in [1.165, 1.54) is 35.9 Å². The van der Waals surface area contributed by atoms with Crippen molar-refractivity contribution in [3.8, 4) is 0 Å². The minimum absolute atomic E-state index is 0.282. The van der Waals surface area contributed by atoms with E-state index in [1.54, 1.807) is 0 Å². The minimum atomic E-state index is 0.282. The number of rotatable bonds is 4. The molecular weight excluding hydrogens is 275 g/mol. The van der Waals surface area contributed by atoms with Gasteiger partial charge in [-0.15, -0.1) is 0 Å². The molecule has 0 fully saturated rings. The second-order valence-electron chi connectivity index (χ2n) is 4.42. The van der Waals surface area contributed by atoms with Crippen LogP contribution in [-0.2, 0) is 29.5 Å². The molecule has 0 bridgehead atoms. The number of hydrogen-bond acceptors (Lipinski definition) is 1. The van der Waals surface area contributed by atoms with Gasteiger partial charge in [0, 0.05) is 0 Å². The Hall–Kier alpha value is -0.197. The molecule has 0 saturated heterocycles. The summed E-state index contributed by atoms with van der Waals surface area (Å²) in [7, 11) is 0. The third kappa shape index (κ3) is 2.38. The molecule has 83 valence electrons. The molecule has 0 N–H and O–H groups in total. The van der Waals surface area contributed by atoms with Gasteiger partial charge in [0.1, 0.15) is 0 Å². The predicted octanol–water partition coefficient (Wildman–Crippen LogP) is 3.14. The van der Waals surface area contributed by atoms with Crippen LogP contribution in [-0.4, -0.2) is 10.4 Å². The van der Waals surface area contributed by atoms with Gasteiger partial charge in [-0.1, -0.05) is 0 Å². The maximum atomic E-state index is 6.01. The van der Waals surface area contributed by atoms with Gasteiger partial charge in [-0.25, -0.2) is 0 Å². The Bertz CT molecular complexity index is 342. The summed E-state index contributed by atoms with van der Waals surface area (Å²) in [6.45, 7) is 4.39. The van der Waals surface area contributed by atoms with Gasteiger partial charge >= 0.3 is 113 Å². The summed E-state index contributed by atoms with van der Waals surface area (Å²) in [5.74, 6) is 0.910. The zero-order valence-electron chi connectivity index (χ0n) is 9.81. The Morgan fingerprint density at radius 2 is 1.62 bits per heavy atom. The Kier molecular flexibility index (Phi) is 4.16. The Morgan fingerprint density at radius 3 is 1.94 bits per heavy atom. The van der Waals surface area contributed by atoms with E-state index in [2.05, 4.69) is 50.3 Å². The summed E-state index contributed by atoms with van der Waals surface area (Å²) < 4.78 is 6.87. The zero-order chi connectivity index (χ0) is 11.5. The van der Waals surface area contributed by atoms with Crippen LogP contribution in [0.5, 0.6) is 0 Å². The van der Waals surface area contributed by atoms with Crippen LogP contribution in [0.1, 0.15) is 13.8 Å². The molecule has 0 spiro atoms. The summed E-state index contributed by atoms with van der Waals surface area (Å²) in [6, 6.07) is 0. The first-order valence-electron chi connectivity index (χ1n) is 5.70. The topological polar surface area (TPSA) is 9.23 Å². The van der Waals surface area contributed by atoms with Crippen molar-refractivity contribution < 1.29 is 29.5 Å². The molecule has 0 radical (unpaired) electrons. The Labute approximate surface area is 113 Å². The molecule has 2 atom stereocenters. The van der Waals surface area contributed by atoms with Crippen molar-refractivity contribution in [3.63, 3.8) is 0 Å². The molecule has 0 aromatic rings. The Morgan fingerprint density at radius 1 is 1.12 bits per heavy atom. The van der Waals surface area contributed by atoms with Crippen molar-refractivity contribution in [2.45, 2.75) is 20.0 Å². The quantitative estimate of drug-likeness (QED) is 0.773. The number of hydrogen-bond donors (Lipinski definition) is 0. The van der Waals surface area contributed by atoms with Crippen LogP contribution in [0.25, 0.3) is 0 Å². The van der Waals surface area contributed by atoms with Crippen molar-refractivity contribution in [3.05, 3.63) is 47.6 Å². The summed E-state index contributed by atoms with van der Waals surface area (Å²) in [6.07, 6.45) is 13.5. The van der Waals surface area contributed by atoms with Gasteiger partial charge in [0.25, 0.3) is 0 Å². The fraction of sp³-hybridized carbons (Fsp3) is 0.429. The summed E-state index contributed by atoms with van der Waals surface area (Å²) in [5, 5.41) is 0. The molecule has 16 heavy (non-hydrogen) atoms. The average molecular weight is 293 g/mol. The maximum absolute atomic E-state index is 6.01. The van der Waals surface area contributed by atoms with E-state index in [0.717, 1.165) is 4.31 Å². The van der Waals surface area contributed by atoms with Gasteiger partial charge in [-0.3, -0.25) is 0 Å². The van der Waals surface area contributed by atoms with Crippen molar-refractivity contribution in [2.75, 3.05) is 4.31 Å². The van der Waals surface area contributed by atoms with Gasteiger partial charge in [0.05, 0.1) is 0 Å². The van der Waals surface area contributed by atoms with E-state index in [4.69, 9.17) is 4.74 Å². The molecule has 2 heteroatoms. The molecule has 2 unspecified atom stereocenters. The molecule has 0 heterocycles. The van der Waals surface area contributed by atoms with Gasteiger partial charge in [0.2, 0.25) is 0 Å². The molecule has 2 rings (SSSR count). The number of allylic oxidation sites excluding steroid dienone is 4. The molecule has 1 nitrogen and oxygen atoms in total. The molecule has 2 aliphatic rings. The second-order valence-corrected chi connectivity index (χ2v) is 5.13. The summed E-state index contributed by atoms with van der Waals surface area (Å²) in [5.41, 5.74) is 2.84. The molecular formula is C14H17OZr. The van der Waals surface area contributed by atoms with Crippen LogP contribution in [0.3, 0.4) is 0 Å². The van der Waals surface area contributed by atoms with Crippen LogP contribution in [0.15, 0.2) is 47.6 Å². The standard InChI is InChI=1S/C14H17O.Zr/c1-10-6-4-8-12(10)14(15-3)13-9-5-7-11(13)2;/h4-9,12-14H,3H2,1-2H3;. The van der Waals surface area contributed by atoms with Gasteiger partial charge in [-0.05, 0) is 0 Å². The van der Waals surface area contributed by atoms with E-state index in [-0.39, 0.29) is 6.10 Å². The molecule has 2 aliphatic carbocycles. The van der Waals surface area contributed by atoms with Crippen LogP contribution in [0, 0.1) is 11.8 Å². The van der Waals surface area contributed by atoms with Crippen LogP contribution in [0.2, 0.25) is 0 Å². The fourth-order valence-electron chi connectivity index (χ4n) is 2.44. The zero-order valence-corrected chi connectivity index (χ0v) is 12.3. The van der Waals surface area contributed by atoms with Crippen LogP contribution < -0.4 is 0 Å². The molecule has 0 aromatic heterocycles. The van der Waals surface area contributed by atoms with Crippen molar-refractivity contribution in [2.24, 2.45) is 11.8 Å². The second kappa shape index (κ2) is 5.42. The van der Waals surface area contributed by atoms with E-state index in [1.807, 2.05) is 0 Å². The first kappa shape index (κ1) is 12.3. The van der Waals surface area contributed by atoms with E-state index < -0.39 is 0 Å². The number of ether oxygens (including phenoxy) is 1. The summed E-state index contributed by atoms with van der Waals surface area (Å²) >= 11 is 1.45. The summed E-state index contributed by atoms with van der Waals surface area (Å²) in [4.78, 5) is 0. The van der Waals surface area contributed by atoms with Gasteiger partial charge < -0.3 is 0 Å². The fourth-order valence-corrected chi connectivity index (χ4v) is 2.92. The van der Waals surface area contributed by atoms with Crippen LogP contribution >= 0.6 is 0 Å². The normalized spacial score (nSPS) is 29.3. The molecule has 0 aromatic carbocycles. The van der Waals surface area contributed by atoms with E-state index in [9.17, 15) is 0 Å². The molecule has 0 saturated carbocycles. The van der Waals surface area contributed by atoms with Crippen molar-refractivity contribution in [1.82, 2.24) is 0 Å². The van der Waals surface area contributed by atoms with E-state index >= 15 is 0 Å². The first-order valence-corrected chi connectivity index (χ1v) is 7.44. The van der Waals surface area contributed by atoms with Crippen molar-refractivity contribution in [1.29, 1.82) is 0 Å². The first-order chi connectivity index (χ1) is 7.74. The van der Waals surface area contributed by atoms with Gasteiger partial charge in [0.15, 0.2) is 0 Å². The Balaban J connectivity index is 2.17. The molecule has 0 amide bonds. The molecule has 0 aliphatic heterocycles. The van der Waals surface area contributed by atoms with Crippen LogP contribution in [0.4, 0.5) is 0 Å². The average Bonchev–Trinajstić information content (AvgIpc) is 2.84. The van der Waals surface area contributed by atoms with Gasteiger partial charge in [-0.2, -0.15) is 0 Å². The third-order valence-electron chi connectivity index (χ3n) is 3.39. The third-order valence-corrected chi connectivity index (χ3v) is 3.80. The van der Waals surface area contributed by atoms with E-state index in [0.29, 0.717) is 11.8 Å². The predicted molar refractivity (Wildman–Crippen MR) is 62.5 cm³/mol. The van der Waals surface area contributed by atoms with Crippen molar-refractivity contribution >= 4 is 0 Å². The SMILES string of the molecule is CC1=CC=CC1C(O[CH2][Zr])C1C=CC=C1C.